The zero-order valence-electron chi connectivity index (χ0n) is 7.19. The summed E-state index contributed by atoms with van der Waals surface area (Å²) < 4.78 is 12.9. The van der Waals surface area contributed by atoms with E-state index >= 15 is 0 Å². The van der Waals surface area contributed by atoms with Gasteiger partial charge in [-0.2, -0.15) is 0 Å². The second-order valence-electron chi connectivity index (χ2n) is 2.96. The van der Waals surface area contributed by atoms with E-state index in [4.69, 9.17) is 6.42 Å². The molecular weight excluding hydrogens is 165 g/mol. The Morgan fingerprint density at radius 3 is 2.92 bits per heavy atom. The van der Waals surface area contributed by atoms with E-state index in [1.807, 2.05) is 6.92 Å². The number of hydrogen-bond donors (Lipinski definition) is 1. The lowest BCUT2D eigenvalue weighted by atomic mass is 10.1. The number of aryl methyl sites for hydroxylation is 1. The summed E-state index contributed by atoms with van der Waals surface area (Å²) in [6, 6.07) is 4.56. The Hall–Kier alpha value is -1.75. The SMILES string of the molecule is C#Cc1c(C)[nH]c2ccc(F)cc12. The Kier molecular flexibility index (Phi) is 1.60. The molecule has 0 fully saturated rings. The molecule has 2 heteroatoms. The van der Waals surface area contributed by atoms with Crippen molar-refractivity contribution >= 4 is 10.9 Å². The maximum absolute atomic E-state index is 12.9. The number of aromatic nitrogens is 1. The summed E-state index contributed by atoms with van der Waals surface area (Å²) in [5.41, 5.74) is 2.53. The minimum Gasteiger partial charge on any atom is -0.358 e. The average molecular weight is 173 g/mol. The van der Waals surface area contributed by atoms with Crippen LogP contribution in [0.1, 0.15) is 11.3 Å². The van der Waals surface area contributed by atoms with Gasteiger partial charge in [0.25, 0.3) is 0 Å². The van der Waals surface area contributed by atoms with E-state index in [-0.39, 0.29) is 5.82 Å². The molecule has 0 unspecified atom stereocenters. The number of terminal acetylenes is 1. The van der Waals surface area contributed by atoms with Crippen molar-refractivity contribution < 1.29 is 4.39 Å². The molecule has 0 aliphatic heterocycles. The van der Waals surface area contributed by atoms with Crippen LogP contribution in [0.4, 0.5) is 4.39 Å². The monoisotopic (exact) mass is 173 g/mol. The number of aromatic amines is 1. The summed E-state index contributed by atoms with van der Waals surface area (Å²) in [7, 11) is 0. The molecule has 0 amide bonds. The van der Waals surface area contributed by atoms with Crippen LogP contribution < -0.4 is 0 Å². The van der Waals surface area contributed by atoms with E-state index in [0.29, 0.717) is 0 Å². The summed E-state index contributed by atoms with van der Waals surface area (Å²) in [6.07, 6.45) is 5.32. The second kappa shape index (κ2) is 2.63. The van der Waals surface area contributed by atoms with Crippen LogP contribution >= 0.6 is 0 Å². The van der Waals surface area contributed by atoms with Gasteiger partial charge >= 0.3 is 0 Å². The molecule has 1 aromatic heterocycles. The quantitative estimate of drug-likeness (QED) is 0.589. The van der Waals surface area contributed by atoms with E-state index in [1.165, 1.54) is 12.1 Å². The minimum atomic E-state index is -0.261. The molecule has 0 aliphatic rings. The van der Waals surface area contributed by atoms with Gasteiger partial charge in [0.2, 0.25) is 0 Å². The second-order valence-corrected chi connectivity index (χ2v) is 2.96. The van der Waals surface area contributed by atoms with Crippen molar-refractivity contribution in [2.75, 3.05) is 0 Å². The Labute approximate surface area is 75.6 Å². The molecule has 0 aliphatic carbocycles. The van der Waals surface area contributed by atoms with Gasteiger partial charge in [-0.05, 0) is 25.1 Å². The fourth-order valence-corrected chi connectivity index (χ4v) is 1.48. The lowest BCUT2D eigenvalue weighted by Crippen LogP contribution is -1.75. The zero-order chi connectivity index (χ0) is 9.42. The molecule has 1 aromatic carbocycles. The highest BCUT2D eigenvalue weighted by molar-refractivity contribution is 5.87. The highest BCUT2D eigenvalue weighted by atomic mass is 19.1. The predicted molar refractivity (Wildman–Crippen MR) is 50.9 cm³/mol. The Morgan fingerprint density at radius 2 is 2.23 bits per heavy atom. The van der Waals surface area contributed by atoms with Gasteiger partial charge < -0.3 is 4.98 Å². The number of hydrogen-bond acceptors (Lipinski definition) is 0. The fourth-order valence-electron chi connectivity index (χ4n) is 1.48. The average Bonchev–Trinajstić information content (AvgIpc) is 2.40. The van der Waals surface area contributed by atoms with Gasteiger partial charge in [0.05, 0.1) is 5.56 Å². The molecule has 0 saturated carbocycles. The Morgan fingerprint density at radius 1 is 1.46 bits per heavy atom. The molecule has 0 saturated heterocycles. The van der Waals surface area contributed by atoms with Crippen molar-refractivity contribution in [1.29, 1.82) is 0 Å². The fraction of sp³-hybridized carbons (Fsp3) is 0.0909. The van der Waals surface area contributed by atoms with Gasteiger partial charge in [-0.25, -0.2) is 4.39 Å². The maximum Gasteiger partial charge on any atom is 0.124 e. The van der Waals surface area contributed by atoms with Gasteiger partial charge in [0.15, 0.2) is 0 Å². The molecule has 0 atom stereocenters. The number of rotatable bonds is 0. The molecule has 2 rings (SSSR count). The van der Waals surface area contributed by atoms with Crippen molar-refractivity contribution in [2.24, 2.45) is 0 Å². The normalized spacial score (nSPS) is 10.2. The zero-order valence-corrected chi connectivity index (χ0v) is 7.19. The summed E-state index contributed by atoms with van der Waals surface area (Å²) in [4.78, 5) is 3.10. The van der Waals surface area contributed by atoms with Crippen LogP contribution in [0.3, 0.4) is 0 Å². The molecule has 0 radical (unpaired) electrons. The van der Waals surface area contributed by atoms with Crippen molar-refractivity contribution in [2.45, 2.75) is 6.92 Å². The van der Waals surface area contributed by atoms with E-state index in [0.717, 1.165) is 22.2 Å². The summed E-state index contributed by atoms with van der Waals surface area (Å²) in [5.74, 6) is 2.29. The molecule has 1 N–H and O–H groups in total. The standard InChI is InChI=1S/C11H8FN/c1-3-9-7(2)13-11-5-4-8(12)6-10(9)11/h1,4-6,13H,2H3. The lowest BCUT2D eigenvalue weighted by Gasteiger charge is -1.90. The number of H-pyrrole nitrogens is 1. The molecule has 0 spiro atoms. The molecule has 64 valence electrons. The Bertz CT molecular complexity index is 503. The van der Waals surface area contributed by atoms with Crippen LogP contribution in [0.25, 0.3) is 10.9 Å². The van der Waals surface area contributed by atoms with Gasteiger partial charge in [0, 0.05) is 16.6 Å². The van der Waals surface area contributed by atoms with E-state index < -0.39 is 0 Å². The first-order valence-corrected chi connectivity index (χ1v) is 3.97. The summed E-state index contributed by atoms with van der Waals surface area (Å²) >= 11 is 0. The molecule has 1 nitrogen and oxygen atoms in total. The van der Waals surface area contributed by atoms with E-state index in [9.17, 15) is 4.39 Å². The molecular formula is C11H8FN. The minimum absolute atomic E-state index is 0.261. The van der Waals surface area contributed by atoms with Gasteiger partial charge in [-0.3, -0.25) is 0 Å². The first-order valence-electron chi connectivity index (χ1n) is 3.97. The van der Waals surface area contributed by atoms with E-state index in [1.54, 1.807) is 6.07 Å². The van der Waals surface area contributed by atoms with Crippen LogP contribution in [-0.4, -0.2) is 4.98 Å². The molecule has 13 heavy (non-hydrogen) atoms. The maximum atomic E-state index is 12.9. The first-order chi connectivity index (χ1) is 6.22. The van der Waals surface area contributed by atoms with Gasteiger partial charge in [-0.1, -0.05) is 5.92 Å². The van der Waals surface area contributed by atoms with Crippen LogP contribution in [-0.2, 0) is 0 Å². The van der Waals surface area contributed by atoms with Crippen molar-refractivity contribution in [3.8, 4) is 12.3 Å². The predicted octanol–water partition coefficient (Wildman–Crippen LogP) is 2.60. The van der Waals surface area contributed by atoms with Crippen molar-refractivity contribution in [1.82, 2.24) is 4.98 Å². The molecule has 0 bridgehead atoms. The van der Waals surface area contributed by atoms with Crippen molar-refractivity contribution in [3.63, 3.8) is 0 Å². The van der Waals surface area contributed by atoms with Gasteiger partial charge in [0.1, 0.15) is 5.82 Å². The van der Waals surface area contributed by atoms with Crippen LogP contribution in [0.2, 0.25) is 0 Å². The number of halogens is 1. The first kappa shape index (κ1) is 7.88. The lowest BCUT2D eigenvalue weighted by molar-refractivity contribution is 0.629. The smallest absolute Gasteiger partial charge is 0.124 e. The highest BCUT2D eigenvalue weighted by Gasteiger charge is 2.05. The third-order valence-corrected chi connectivity index (χ3v) is 2.09. The Balaban J connectivity index is 2.91. The van der Waals surface area contributed by atoms with E-state index in [2.05, 4.69) is 10.9 Å². The van der Waals surface area contributed by atoms with Crippen LogP contribution in [0, 0.1) is 25.1 Å². The topological polar surface area (TPSA) is 15.8 Å². The highest BCUT2D eigenvalue weighted by Crippen LogP contribution is 2.21. The molecule has 2 aromatic rings. The third-order valence-electron chi connectivity index (χ3n) is 2.09. The van der Waals surface area contributed by atoms with Crippen molar-refractivity contribution in [3.05, 3.63) is 35.3 Å². The number of fused-ring (bicyclic) bond motifs is 1. The summed E-state index contributed by atoms with van der Waals surface area (Å²) in [5, 5.41) is 0.778. The summed E-state index contributed by atoms with van der Waals surface area (Å²) in [6.45, 7) is 1.88. The third kappa shape index (κ3) is 1.09. The van der Waals surface area contributed by atoms with Crippen LogP contribution in [0.5, 0.6) is 0 Å². The number of nitrogens with one attached hydrogen (secondary N) is 1. The van der Waals surface area contributed by atoms with Crippen LogP contribution in [0.15, 0.2) is 18.2 Å². The molecule has 1 heterocycles. The van der Waals surface area contributed by atoms with Gasteiger partial charge in [-0.15, -0.1) is 6.42 Å². The largest absolute Gasteiger partial charge is 0.358 e. The number of benzene rings is 1.